The van der Waals surface area contributed by atoms with Crippen LogP contribution in [0.25, 0.3) is 0 Å². The maximum Gasteiger partial charge on any atom is 0.0756 e. The van der Waals surface area contributed by atoms with Gasteiger partial charge in [-0.25, -0.2) is 0 Å². The van der Waals surface area contributed by atoms with E-state index in [0.29, 0.717) is 0 Å². The molecular weight excluding hydrogens is 172 g/mol. The molecule has 1 aliphatic rings. The van der Waals surface area contributed by atoms with Crippen LogP contribution < -0.4 is 0 Å². The van der Waals surface area contributed by atoms with Gasteiger partial charge in [-0.2, -0.15) is 0 Å². The van der Waals surface area contributed by atoms with Crippen molar-refractivity contribution in [3.63, 3.8) is 0 Å². The van der Waals surface area contributed by atoms with Crippen LogP contribution in [0.1, 0.15) is 33.1 Å². The van der Waals surface area contributed by atoms with Crippen molar-refractivity contribution in [2.24, 2.45) is 5.41 Å². The Hall–Kier alpha value is -0.820. The number of aliphatic hydroxyl groups is 1. The monoisotopic (exact) mass is 192 g/mol. The highest BCUT2D eigenvalue weighted by atomic mass is 16.3. The first-order valence-electron chi connectivity index (χ1n) is 5.22. The summed E-state index contributed by atoms with van der Waals surface area (Å²) in [5, 5.41) is 9.89. The summed E-state index contributed by atoms with van der Waals surface area (Å²) in [7, 11) is 0. The molecule has 0 spiro atoms. The molecule has 1 aliphatic carbocycles. The van der Waals surface area contributed by atoms with E-state index in [1.807, 2.05) is 12.2 Å². The Morgan fingerprint density at radius 2 is 2.36 bits per heavy atom. The molecule has 0 aromatic carbocycles. The third-order valence-electron chi connectivity index (χ3n) is 2.59. The van der Waals surface area contributed by atoms with Crippen LogP contribution in [0.4, 0.5) is 0 Å². The molecule has 0 saturated heterocycles. The van der Waals surface area contributed by atoms with Gasteiger partial charge in [-0.15, -0.1) is 6.58 Å². The molecule has 0 bridgehead atoms. The van der Waals surface area contributed by atoms with E-state index >= 15 is 0 Å². The van der Waals surface area contributed by atoms with Crippen LogP contribution in [-0.4, -0.2) is 11.2 Å². The molecule has 0 radical (unpaired) electrons. The van der Waals surface area contributed by atoms with Gasteiger partial charge in [0.05, 0.1) is 6.10 Å². The van der Waals surface area contributed by atoms with Crippen molar-refractivity contribution in [2.45, 2.75) is 39.2 Å². The first-order chi connectivity index (χ1) is 6.55. The van der Waals surface area contributed by atoms with Gasteiger partial charge in [-0.1, -0.05) is 38.2 Å². The molecule has 0 aromatic rings. The minimum atomic E-state index is -0.294. The Morgan fingerprint density at radius 3 is 2.93 bits per heavy atom. The zero-order chi connectivity index (χ0) is 10.6. The molecule has 1 heteroatoms. The molecule has 0 heterocycles. The van der Waals surface area contributed by atoms with Crippen molar-refractivity contribution in [2.75, 3.05) is 0 Å². The van der Waals surface area contributed by atoms with Crippen LogP contribution in [0.3, 0.4) is 0 Å². The molecule has 0 aromatic heterocycles. The van der Waals surface area contributed by atoms with Crippen molar-refractivity contribution >= 4 is 0 Å². The highest BCUT2D eigenvalue weighted by Crippen LogP contribution is 2.32. The third-order valence-corrected chi connectivity index (χ3v) is 2.59. The van der Waals surface area contributed by atoms with Crippen LogP contribution in [0, 0.1) is 5.41 Å². The van der Waals surface area contributed by atoms with E-state index in [2.05, 4.69) is 32.6 Å². The smallest absolute Gasteiger partial charge is 0.0756 e. The molecule has 1 atom stereocenters. The normalized spacial score (nSPS) is 21.5. The summed E-state index contributed by atoms with van der Waals surface area (Å²) in [6.07, 6.45) is 10.5. The topological polar surface area (TPSA) is 20.2 Å². The van der Waals surface area contributed by atoms with Crippen LogP contribution in [0.2, 0.25) is 0 Å². The van der Waals surface area contributed by atoms with E-state index in [1.54, 1.807) is 0 Å². The second kappa shape index (κ2) is 4.61. The first-order valence-corrected chi connectivity index (χ1v) is 5.22. The molecule has 1 rings (SSSR count). The SMILES string of the molecule is C=CCCC(O)C1=CC=CC(C)(C)C1. The molecule has 0 saturated carbocycles. The van der Waals surface area contributed by atoms with Gasteiger partial charge in [0.1, 0.15) is 0 Å². The zero-order valence-electron chi connectivity index (χ0n) is 9.16. The van der Waals surface area contributed by atoms with E-state index in [-0.39, 0.29) is 11.5 Å². The van der Waals surface area contributed by atoms with E-state index in [4.69, 9.17) is 0 Å². The number of allylic oxidation sites excluding steroid dienone is 4. The second-order valence-electron chi connectivity index (χ2n) is 4.65. The van der Waals surface area contributed by atoms with Crippen LogP contribution in [0.15, 0.2) is 36.5 Å². The fourth-order valence-electron chi connectivity index (χ4n) is 1.77. The van der Waals surface area contributed by atoms with Gasteiger partial charge in [0, 0.05) is 0 Å². The summed E-state index contributed by atoms with van der Waals surface area (Å²) < 4.78 is 0. The summed E-state index contributed by atoms with van der Waals surface area (Å²) >= 11 is 0. The zero-order valence-corrected chi connectivity index (χ0v) is 9.16. The van der Waals surface area contributed by atoms with Gasteiger partial charge in [-0.3, -0.25) is 0 Å². The van der Waals surface area contributed by atoms with Crippen LogP contribution in [0.5, 0.6) is 0 Å². The fraction of sp³-hybridized carbons (Fsp3) is 0.538. The average Bonchev–Trinajstić information content (AvgIpc) is 2.12. The Bertz CT molecular complexity index is 258. The van der Waals surface area contributed by atoms with E-state index < -0.39 is 0 Å². The highest BCUT2D eigenvalue weighted by molar-refractivity contribution is 5.25. The fourth-order valence-corrected chi connectivity index (χ4v) is 1.77. The quantitative estimate of drug-likeness (QED) is 0.678. The van der Waals surface area contributed by atoms with Gasteiger partial charge in [0.2, 0.25) is 0 Å². The predicted octanol–water partition coefficient (Wildman–Crippen LogP) is 3.23. The van der Waals surface area contributed by atoms with Crippen LogP contribution in [-0.2, 0) is 0 Å². The lowest BCUT2D eigenvalue weighted by Gasteiger charge is -2.27. The lowest BCUT2D eigenvalue weighted by Crippen LogP contribution is -2.19. The average molecular weight is 192 g/mol. The number of rotatable bonds is 4. The van der Waals surface area contributed by atoms with Gasteiger partial charge < -0.3 is 5.11 Å². The first kappa shape index (κ1) is 11.3. The van der Waals surface area contributed by atoms with E-state index in [1.165, 1.54) is 0 Å². The molecule has 1 N–H and O–H groups in total. The summed E-state index contributed by atoms with van der Waals surface area (Å²) in [5.41, 5.74) is 1.35. The Balaban J connectivity index is 2.56. The Kier molecular flexibility index (Phi) is 3.70. The molecule has 0 amide bonds. The summed E-state index contributed by atoms with van der Waals surface area (Å²) in [6, 6.07) is 0. The van der Waals surface area contributed by atoms with Crippen molar-refractivity contribution in [1.82, 2.24) is 0 Å². The predicted molar refractivity (Wildman–Crippen MR) is 61.1 cm³/mol. The van der Waals surface area contributed by atoms with Gasteiger partial charge in [-0.05, 0) is 30.3 Å². The van der Waals surface area contributed by atoms with Gasteiger partial charge in [0.15, 0.2) is 0 Å². The largest absolute Gasteiger partial charge is 0.389 e. The van der Waals surface area contributed by atoms with Crippen molar-refractivity contribution < 1.29 is 5.11 Å². The van der Waals surface area contributed by atoms with Crippen molar-refractivity contribution in [3.8, 4) is 0 Å². The van der Waals surface area contributed by atoms with E-state index in [0.717, 1.165) is 24.8 Å². The van der Waals surface area contributed by atoms with E-state index in [9.17, 15) is 5.11 Å². The Morgan fingerprint density at radius 1 is 1.64 bits per heavy atom. The molecule has 14 heavy (non-hydrogen) atoms. The standard InChI is InChI=1S/C13H20O/c1-4-5-8-12(14)11-7-6-9-13(2,3)10-11/h4,6-7,9,12,14H,1,5,8,10H2,2-3H3. The van der Waals surface area contributed by atoms with Crippen LogP contribution >= 0.6 is 0 Å². The number of hydrogen-bond acceptors (Lipinski definition) is 1. The maximum absolute atomic E-state index is 9.89. The number of aliphatic hydroxyl groups excluding tert-OH is 1. The molecule has 0 fully saturated rings. The summed E-state index contributed by atoms with van der Waals surface area (Å²) in [5.74, 6) is 0. The molecule has 78 valence electrons. The third kappa shape index (κ3) is 3.15. The lowest BCUT2D eigenvalue weighted by atomic mass is 9.80. The summed E-state index contributed by atoms with van der Waals surface area (Å²) in [4.78, 5) is 0. The molecule has 1 unspecified atom stereocenters. The molecular formula is C13H20O. The van der Waals surface area contributed by atoms with Crippen molar-refractivity contribution in [1.29, 1.82) is 0 Å². The minimum absolute atomic E-state index is 0.194. The second-order valence-corrected chi connectivity index (χ2v) is 4.65. The minimum Gasteiger partial charge on any atom is -0.389 e. The number of hydrogen-bond donors (Lipinski definition) is 1. The highest BCUT2D eigenvalue weighted by Gasteiger charge is 2.22. The van der Waals surface area contributed by atoms with Gasteiger partial charge >= 0.3 is 0 Å². The maximum atomic E-state index is 9.89. The summed E-state index contributed by atoms with van der Waals surface area (Å²) in [6.45, 7) is 8.04. The Labute approximate surface area is 86.8 Å². The molecule has 0 aliphatic heterocycles. The van der Waals surface area contributed by atoms with Crippen molar-refractivity contribution in [3.05, 3.63) is 36.5 Å². The lowest BCUT2D eigenvalue weighted by molar-refractivity contribution is 0.190. The van der Waals surface area contributed by atoms with Gasteiger partial charge in [0.25, 0.3) is 0 Å². The molecule has 1 nitrogen and oxygen atoms in total.